The Kier molecular flexibility index (Phi) is 5.94. The molecule has 0 radical (unpaired) electrons. The number of carboxylic acid groups (broad SMARTS) is 1. The highest BCUT2D eigenvalue weighted by Gasteiger charge is 2.12. The minimum atomic E-state index is -0.894. The summed E-state index contributed by atoms with van der Waals surface area (Å²) in [4.78, 5) is 10.5. The zero-order valence-corrected chi connectivity index (χ0v) is 11.9. The van der Waals surface area contributed by atoms with Crippen LogP contribution in [-0.4, -0.2) is 31.3 Å². The number of halogens is 1. The molecule has 0 aliphatic rings. The maximum absolute atomic E-state index is 10.5. The molecule has 6 heteroatoms. The number of nitrogens with one attached hydrogen (secondary N) is 1. The number of aliphatic carboxylic acids is 1. The molecule has 18 heavy (non-hydrogen) atoms. The van der Waals surface area contributed by atoms with Crippen LogP contribution in [0.1, 0.15) is 12.5 Å². The predicted octanol–water partition coefficient (Wildman–Crippen LogP) is 2.03. The van der Waals surface area contributed by atoms with E-state index in [0.29, 0.717) is 24.7 Å². The summed E-state index contributed by atoms with van der Waals surface area (Å²) in [5.74, 6) is 0.370. The van der Waals surface area contributed by atoms with E-state index < -0.39 is 5.97 Å². The molecule has 0 aromatic heterocycles. The summed E-state index contributed by atoms with van der Waals surface area (Å²) in [7, 11) is 1.57. The predicted molar refractivity (Wildman–Crippen MR) is 71.2 cm³/mol. The Morgan fingerprint density at radius 2 is 2.22 bits per heavy atom. The van der Waals surface area contributed by atoms with Gasteiger partial charge in [0.05, 0.1) is 20.3 Å². The molecule has 1 rings (SSSR count). The van der Waals surface area contributed by atoms with Crippen molar-refractivity contribution in [3.63, 3.8) is 0 Å². The highest BCUT2D eigenvalue weighted by atomic mass is 79.9. The Morgan fingerprint density at radius 1 is 1.50 bits per heavy atom. The molecular weight excluding hydrogens is 302 g/mol. The van der Waals surface area contributed by atoms with Crippen LogP contribution in [0.3, 0.4) is 0 Å². The molecule has 0 aliphatic heterocycles. The van der Waals surface area contributed by atoms with E-state index in [2.05, 4.69) is 21.2 Å². The number of methoxy groups -OCH3 is 1. The molecule has 0 aliphatic carbocycles. The lowest BCUT2D eigenvalue weighted by atomic mass is 10.2. The van der Waals surface area contributed by atoms with Crippen molar-refractivity contribution in [2.75, 3.05) is 20.3 Å². The monoisotopic (exact) mass is 317 g/mol. The second kappa shape index (κ2) is 7.23. The Balaban J connectivity index is 2.92. The second-order valence-electron chi connectivity index (χ2n) is 3.53. The van der Waals surface area contributed by atoms with Gasteiger partial charge in [-0.15, -0.1) is 0 Å². The molecule has 0 spiro atoms. The Hall–Kier alpha value is -1.27. The van der Waals surface area contributed by atoms with E-state index >= 15 is 0 Å². The lowest BCUT2D eigenvalue weighted by Crippen LogP contribution is -2.22. The summed E-state index contributed by atoms with van der Waals surface area (Å²) in [5.41, 5.74) is 0.851. The molecule has 0 amide bonds. The Bertz CT molecular complexity index is 423. The number of hydrogen-bond donors (Lipinski definition) is 2. The van der Waals surface area contributed by atoms with E-state index in [4.69, 9.17) is 14.6 Å². The van der Waals surface area contributed by atoms with E-state index in [1.54, 1.807) is 7.11 Å². The third-order valence-electron chi connectivity index (χ3n) is 2.20. The van der Waals surface area contributed by atoms with Crippen LogP contribution in [0, 0.1) is 0 Å². The van der Waals surface area contributed by atoms with Crippen LogP contribution < -0.4 is 14.8 Å². The summed E-state index contributed by atoms with van der Waals surface area (Å²) in [6.07, 6.45) is 0. The Morgan fingerprint density at radius 3 is 2.78 bits per heavy atom. The molecule has 0 heterocycles. The number of benzene rings is 1. The topological polar surface area (TPSA) is 67.8 Å². The lowest BCUT2D eigenvalue weighted by molar-refractivity contribution is -0.136. The maximum atomic E-state index is 10.5. The first-order chi connectivity index (χ1) is 8.58. The largest absolute Gasteiger partial charge is 0.493 e. The van der Waals surface area contributed by atoms with E-state index in [9.17, 15) is 4.79 Å². The normalized spacial score (nSPS) is 10.2. The van der Waals surface area contributed by atoms with Crippen molar-refractivity contribution in [2.45, 2.75) is 13.5 Å². The van der Waals surface area contributed by atoms with Crippen molar-refractivity contribution in [2.24, 2.45) is 0 Å². The summed E-state index contributed by atoms with van der Waals surface area (Å²) in [6.45, 7) is 2.71. The summed E-state index contributed by atoms with van der Waals surface area (Å²) in [5, 5.41) is 11.4. The highest BCUT2D eigenvalue weighted by Crippen LogP contribution is 2.34. The summed E-state index contributed by atoms with van der Waals surface area (Å²) in [6, 6.07) is 3.69. The van der Waals surface area contributed by atoms with Gasteiger partial charge in [-0.3, -0.25) is 4.79 Å². The summed E-state index contributed by atoms with van der Waals surface area (Å²) >= 11 is 3.38. The molecule has 5 nitrogen and oxygen atoms in total. The SMILES string of the molecule is CCOc1c(CNCC(=O)O)cc(Br)cc1OC. The van der Waals surface area contributed by atoms with E-state index in [-0.39, 0.29) is 6.54 Å². The van der Waals surface area contributed by atoms with Gasteiger partial charge in [-0.2, -0.15) is 0 Å². The van der Waals surface area contributed by atoms with Gasteiger partial charge in [0.2, 0.25) is 0 Å². The Labute approximate surface area is 114 Å². The van der Waals surface area contributed by atoms with Gasteiger partial charge >= 0.3 is 5.97 Å². The average Bonchev–Trinajstić information content (AvgIpc) is 2.31. The molecule has 0 unspecified atom stereocenters. The van der Waals surface area contributed by atoms with Crippen molar-refractivity contribution >= 4 is 21.9 Å². The number of rotatable bonds is 7. The zero-order chi connectivity index (χ0) is 13.5. The zero-order valence-electron chi connectivity index (χ0n) is 10.3. The standard InChI is InChI=1S/C12H16BrNO4/c1-3-18-12-8(6-14-7-11(15)16)4-9(13)5-10(12)17-2/h4-5,14H,3,6-7H2,1-2H3,(H,15,16). The number of carboxylic acids is 1. The molecule has 0 atom stereocenters. The van der Waals surface area contributed by atoms with Crippen molar-refractivity contribution in [3.8, 4) is 11.5 Å². The molecule has 0 saturated carbocycles. The van der Waals surface area contributed by atoms with Gasteiger partial charge in [0.15, 0.2) is 11.5 Å². The molecule has 1 aromatic carbocycles. The van der Waals surface area contributed by atoms with Gasteiger partial charge in [-0.25, -0.2) is 0 Å². The van der Waals surface area contributed by atoms with Gasteiger partial charge in [-0.1, -0.05) is 15.9 Å². The molecular formula is C12H16BrNO4. The first-order valence-corrected chi connectivity index (χ1v) is 6.29. The first kappa shape index (κ1) is 14.8. The van der Waals surface area contributed by atoms with Gasteiger partial charge in [0.1, 0.15) is 0 Å². The molecule has 2 N–H and O–H groups in total. The highest BCUT2D eigenvalue weighted by molar-refractivity contribution is 9.10. The van der Waals surface area contributed by atoms with E-state index in [1.807, 2.05) is 19.1 Å². The number of hydrogen-bond acceptors (Lipinski definition) is 4. The molecule has 0 saturated heterocycles. The fourth-order valence-corrected chi connectivity index (χ4v) is 2.00. The molecule has 0 bridgehead atoms. The van der Waals surface area contributed by atoms with Gasteiger partial charge in [-0.05, 0) is 19.1 Å². The van der Waals surface area contributed by atoms with Crippen LogP contribution >= 0.6 is 15.9 Å². The van der Waals surface area contributed by atoms with Gasteiger partial charge < -0.3 is 19.9 Å². The molecule has 1 aromatic rings. The lowest BCUT2D eigenvalue weighted by Gasteiger charge is -2.15. The fraction of sp³-hybridized carbons (Fsp3) is 0.417. The van der Waals surface area contributed by atoms with Crippen LogP contribution in [0.2, 0.25) is 0 Å². The van der Waals surface area contributed by atoms with Gasteiger partial charge in [0.25, 0.3) is 0 Å². The second-order valence-corrected chi connectivity index (χ2v) is 4.44. The minimum Gasteiger partial charge on any atom is -0.493 e. The van der Waals surface area contributed by atoms with Crippen molar-refractivity contribution in [1.82, 2.24) is 5.32 Å². The molecule has 0 fully saturated rings. The van der Waals surface area contributed by atoms with Crippen LogP contribution in [0.15, 0.2) is 16.6 Å². The van der Waals surface area contributed by atoms with E-state index in [1.165, 1.54) is 0 Å². The van der Waals surface area contributed by atoms with Crippen LogP contribution in [0.5, 0.6) is 11.5 Å². The molecule has 100 valence electrons. The van der Waals surface area contributed by atoms with Crippen molar-refractivity contribution in [3.05, 3.63) is 22.2 Å². The summed E-state index contributed by atoms with van der Waals surface area (Å²) < 4.78 is 11.6. The number of ether oxygens (including phenoxy) is 2. The quantitative estimate of drug-likeness (QED) is 0.805. The smallest absolute Gasteiger partial charge is 0.317 e. The van der Waals surface area contributed by atoms with Crippen LogP contribution in [-0.2, 0) is 11.3 Å². The average molecular weight is 318 g/mol. The first-order valence-electron chi connectivity index (χ1n) is 5.50. The van der Waals surface area contributed by atoms with Crippen LogP contribution in [0.4, 0.5) is 0 Å². The van der Waals surface area contributed by atoms with Crippen molar-refractivity contribution < 1.29 is 19.4 Å². The maximum Gasteiger partial charge on any atom is 0.317 e. The minimum absolute atomic E-state index is 0.0968. The van der Waals surface area contributed by atoms with Crippen LogP contribution in [0.25, 0.3) is 0 Å². The number of carbonyl (C=O) groups is 1. The van der Waals surface area contributed by atoms with Gasteiger partial charge in [0, 0.05) is 16.6 Å². The van der Waals surface area contributed by atoms with Crippen molar-refractivity contribution in [1.29, 1.82) is 0 Å². The third kappa shape index (κ3) is 4.19. The fourth-order valence-electron chi connectivity index (χ4n) is 1.52. The third-order valence-corrected chi connectivity index (χ3v) is 2.65. The van der Waals surface area contributed by atoms with E-state index in [0.717, 1.165) is 10.0 Å².